The molecule has 3 heteroatoms. The normalized spacial score (nSPS) is 10.1. The van der Waals surface area contributed by atoms with Crippen molar-refractivity contribution in [3.05, 3.63) is 90.0 Å². The maximum absolute atomic E-state index is 10.6. The van der Waals surface area contributed by atoms with E-state index in [1.165, 1.54) is 0 Å². The number of hydrogen-bond acceptors (Lipinski definition) is 3. The van der Waals surface area contributed by atoms with Gasteiger partial charge in [0.15, 0.2) is 0 Å². The van der Waals surface area contributed by atoms with Gasteiger partial charge in [0, 0.05) is 5.56 Å². The molecule has 3 aromatic rings. The summed E-state index contributed by atoms with van der Waals surface area (Å²) in [6.07, 6.45) is 0.808. The summed E-state index contributed by atoms with van der Waals surface area (Å²) in [6, 6.07) is 24.5. The van der Waals surface area contributed by atoms with Gasteiger partial charge in [-0.2, -0.15) is 0 Å². The van der Waals surface area contributed by atoms with Gasteiger partial charge in [-0.3, -0.25) is 4.79 Å². The number of carbonyl (C=O) groups is 1. The van der Waals surface area contributed by atoms with Crippen LogP contribution in [0.1, 0.15) is 15.9 Å². The summed E-state index contributed by atoms with van der Waals surface area (Å²) in [5, 5.41) is 0. The average Bonchev–Trinajstić information content (AvgIpc) is 2.63. The second kappa shape index (κ2) is 7.27. The van der Waals surface area contributed by atoms with Crippen LogP contribution in [0.4, 0.5) is 0 Å². The number of rotatable bonds is 6. The summed E-state index contributed by atoms with van der Waals surface area (Å²) in [7, 11) is 0. The van der Waals surface area contributed by atoms with E-state index >= 15 is 0 Å². The van der Waals surface area contributed by atoms with Gasteiger partial charge < -0.3 is 9.47 Å². The van der Waals surface area contributed by atoms with Gasteiger partial charge in [-0.25, -0.2) is 0 Å². The molecular weight excluding hydrogens is 288 g/mol. The molecule has 0 aromatic heterocycles. The first-order valence-electron chi connectivity index (χ1n) is 7.33. The van der Waals surface area contributed by atoms with Crippen molar-refractivity contribution in [2.75, 3.05) is 0 Å². The van der Waals surface area contributed by atoms with E-state index in [9.17, 15) is 4.79 Å². The van der Waals surface area contributed by atoms with Gasteiger partial charge in [-0.1, -0.05) is 30.3 Å². The topological polar surface area (TPSA) is 35.5 Å². The third-order valence-electron chi connectivity index (χ3n) is 3.32. The van der Waals surface area contributed by atoms with Crippen molar-refractivity contribution < 1.29 is 14.3 Å². The van der Waals surface area contributed by atoms with Crippen LogP contribution in [0.25, 0.3) is 0 Å². The molecule has 0 N–H and O–H groups in total. The third kappa shape index (κ3) is 4.20. The molecule has 3 rings (SSSR count). The Morgan fingerprint density at radius 1 is 0.696 bits per heavy atom. The van der Waals surface area contributed by atoms with Crippen molar-refractivity contribution in [2.24, 2.45) is 0 Å². The second-order valence-electron chi connectivity index (χ2n) is 5.03. The molecule has 3 nitrogen and oxygen atoms in total. The Bertz CT molecular complexity index is 747. The van der Waals surface area contributed by atoms with E-state index in [-0.39, 0.29) is 0 Å². The van der Waals surface area contributed by atoms with Gasteiger partial charge in [-0.05, 0) is 54.1 Å². The summed E-state index contributed by atoms with van der Waals surface area (Å²) in [5.74, 6) is 2.20. The molecule has 0 heterocycles. The fourth-order valence-corrected chi connectivity index (χ4v) is 2.10. The quantitative estimate of drug-likeness (QED) is 0.609. The van der Waals surface area contributed by atoms with Gasteiger partial charge in [0.1, 0.15) is 30.1 Å². The van der Waals surface area contributed by atoms with Crippen molar-refractivity contribution in [3.8, 4) is 17.2 Å². The lowest BCUT2D eigenvalue weighted by Gasteiger charge is -2.08. The monoisotopic (exact) mass is 304 g/mol. The van der Waals surface area contributed by atoms with Crippen LogP contribution in [0.2, 0.25) is 0 Å². The zero-order chi connectivity index (χ0) is 15.9. The van der Waals surface area contributed by atoms with Gasteiger partial charge >= 0.3 is 0 Å². The van der Waals surface area contributed by atoms with E-state index in [2.05, 4.69) is 0 Å². The van der Waals surface area contributed by atoms with E-state index in [1.807, 2.05) is 54.6 Å². The van der Waals surface area contributed by atoms with Crippen LogP contribution in [-0.2, 0) is 6.61 Å². The van der Waals surface area contributed by atoms with E-state index in [0.29, 0.717) is 17.9 Å². The Hall–Kier alpha value is -3.07. The molecule has 0 aliphatic heterocycles. The summed E-state index contributed by atoms with van der Waals surface area (Å²) < 4.78 is 11.5. The molecule has 0 saturated carbocycles. The minimum absolute atomic E-state index is 0.536. The molecule has 0 aliphatic rings. The van der Waals surface area contributed by atoms with Crippen LogP contribution in [0.15, 0.2) is 78.9 Å². The molecule has 0 fully saturated rings. The molecule has 0 amide bonds. The van der Waals surface area contributed by atoms with Gasteiger partial charge in [0.25, 0.3) is 0 Å². The van der Waals surface area contributed by atoms with Crippen LogP contribution >= 0.6 is 0 Å². The maximum atomic E-state index is 10.6. The Kier molecular flexibility index (Phi) is 4.69. The highest BCUT2D eigenvalue weighted by atomic mass is 16.5. The minimum Gasteiger partial charge on any atom is -0.489 e. The first kappa shape index (κ1) is 14.9. The lowest BCUT2D eigenvalue weighted by Crippen LogP contribution is -1.94. The fourth-order valence-electron chi connectivity index (χ4n) is 2.10. The summed E-state index contributed by atoms with van der Waals surface area (Å²) in [4.78, 5) is 10.6. The SMILES string of the molecule is O=Cc1ccc(Oc2ccc(OCc3ccccc3)cc2)cc1. The van der Waals surface area contributed by atoms with Gasteiger partial charge in [0.05, 0.1) is 0 Å². The molecule has 0 aliphatic carbocycles. The summed E-state index contributed by atoms with van der Waals surface area (Å²) in [5.41, 5.74) is 1.75. The number of carbonyl (C=O) groups excluding carboxylic acids is 1. The first-order valence-corrected chi connectivity index (χ1v) is 7.33. The van der Waals surface area contributed by atoms with Crippen molar-refractivity contribution in [1.29, 1.82) is 0 Å². The van der Waals surface area contributed by atoms with E-state index in [0.717, 1.165) is 23.3 Å². The van der Waals surface area contributed by atoms with Crippen molar-refractivity contribution in [1.82, 2.24) is 0 Å². The zero-order valence-corrected chi connectivity index (χ0v) is 12.5. The number of benzene rings is 3. The smallest absolute Gasteiger partial charge is 0.150 e. The van der Waals surface area contributed by atoms with Crippen LogP contribution < -0.4 is 9.47 Å². The Balaban J connectivity index is 1.59. The number of aldehydes is 1. The minimum atomic E-state index is 0.536. The van der Waals surface area contributed by atoms with E-state index in [4.69, 9.17) is 9.47 Å². The Morgan fingerprint density at radius 2 is 1.26 bits per heavy atom. The predicted molar refractivity (Wildman–Crippen MR) is 89.1 cm³/mol. The molecule has 114 valence electrons. The maximum Gasteiger partial charge on any atom is 0.150 e. The molecule has 0 radical (unpaired) electrons. The zero-order valence-electron chi connectivity index (χ0n) is 12.5. The first-order chi connectivity index (χ1) is 11.3. The Labute approximate surface area is 135 Å². The molecule has 0 saturated heterocycles. The van der Waals surface area contributed by atoms with Crippen LogP contribution in [0, 0.1) is 0 Å². The molecule has 0 bridgehead atoms. The van der Waals surface area contributed by atoms with E-state index in [1.54, 1.807) is 24.3 Å². The molecule has 23 heavy (non-hydrogen) atoms. The second-order valence-corrected chi connectivity index (χ2v) is 5.03. The largest absolute Gasteiger partial charge is 0.489 e. The van der Waals surface area contributed by atoms with Crippen molar-refractivity contribution in [2.45, 2.75) is 6.61 Å². The fraction of sp³-hybridized carbons (Fsp3) is 0.0500. The lowest BCUT2D eigenvalue weighted by atomic mass is 10.2. The molecule has 0 spiro atoms. The lowest BCUT2D eigenvalue weighted by molar-refractivity contribution is 0.112. The highest BCUT2D eigenvalue weighted by Crippen LogP contribution is 2.24. The van der Waals surface area contributed by atoms with Crippen LogP contribution in [-0.4, -0.2) is 6.29 Å². The molecule has 0 atom stereocenters. The third-order valence-corrected chi connectivity index (χ3v) is 3.32. The van der Waals surface area contributed by atoms with E-state index < -0.39 is 0 Å². The molecule has 3 aromatic carbocycles. The highest BCUT2D eigenvalue weighted by molar-refractivity contribution is 5.74. The Morgan fingerprint density at radius 3 is 1.87 bits per heavy atom. The van der Waals surface area contributed by atoms with Gasteiger partial charge in [-0.15, -0.1) is 0 Å². The summed E-state index contributed by atoms with van der Waals surface area (Å²) >= 11 is 0. The molecular formula is C20H16O3. The average molecular weight is 304 g/mol. The predicted octanol–water partition coefficient (Wildman–Crippen LogP) is 4.87. The van der Waals surface area contributed by atoms with Crippen molar-refractivity contribution >= 4 is 6.29 Å². The van der Waals surface area contributed by atoms with Crippen LogP contribution in [0.5, 0.6) is 17.2 Å². The highest BCUT2D eigenvalue weighted by Gasteiger charge is 2.00. The standard InChI is InChI=1S/C20H16O3/c21-14-16-6-8-19(9-7-16)23-20-12-10-18(11-13-20)22-15-17-4-2-1-3-5-17/h1-14H,15H2. The summed E-state index contributed by atoms with van der Waals surface area (Å²) in [6.45, 7) is 0.536. The van der Waals surface area contributed by atoms with Crippen molar-refractivity contribution in [3.63, 3.8) is 0 Å². The number of ether oxygens (including phenoxy) is 2. The molecule has 0 unspecified atom stereocenters. The number of hydrogen-bond donors (Lipinski definition) is 0. The van der Waals surface area contributed by atoms with Gasteiger partial charge in [0.2, 0.25) is 0 Å². The van der Waals surface area contributed by atoms with Crippen LogP contribution in [0.3, 0.4) is 0 Å².